The summed E-state index contributed by atoms with van der Waals surface area (Å²) in [4.78, 5) is 13.2. The second-order valence-corrected chi connectivity index (χ2v) is 9.44. The number of hydrogen-bond donors (Lipinski definition) is 2. The highest BCUT2D eigenvalue weighted by Gasteiger charge is 2.49. The van der Waals surface area contributed by atoms with Crippen molar-refractivity contribution in [1.29, 1.82) is 0 Å². The van der Waals surface area contributed by atoms with Gasteiger partial charge in [0.1, 0.15) is 11.5 Å². The number of aromatic hydroxyl groups is 2. The molecule has 0 fully saturated rings. The number of esters is 1. The van der Waals surface area contributed by atoms with Crippen LogP contribution < -0.4 is 0 Å². The molecule has 1 heterocycles. The molecule has 1 aliphatic heterocycles. The van der Waals surface area contributed by atoms with E-state index in [9.17, 15) is 15.0 Å². The molecule has 148 valence electrons. The minimum absolute atomic E-state index is 0.165. The molecule has 0 atom stereocenters. The zero-order valence-electron chi connectivity index (χ0n) is 15.4. The van der Waals surface area contributed by atoms with Crippen LogP contribution in [-0.4, -0.2) is 16.2 Å². The molecule has 0 amide bonds. The van der Waals surface area contributed by atoms with Crippen LogP contribution in [0.15, 0.2) is 72.8 Å². The standard InChI is InChI=1S/C24H14I2O4/c25-18-11-14(6-9-20(18)27)24(15-7-10-21(28)19(26)12-15)17-8-5-13-3-1-2-4-16(13)22(17)23(29)30-24/h1-12,27-28H. The summed E-state index contributed by atoms with van der Waals surface area (Å²) >= 11 is 4.12. The van der Waals surface area contributed by atoms with Crippen LogP contribution in [0.5, 0.6) is 11.5 Å². The number of carbonyl (C=O) groups excluding carboxylic acids is 1. The molecule has 0 radical (unpaired) electrons. The molecule has 5 rings (SSSR count). The lowest BCUT2D eigenvalue weighted by Crippen LogP contribution is -2.29. The van der Waals surface area contributed by atoms with E-state index in [0.29, 0.717) is 12.7 Å². The Hall–Kier alpha value is -2.33. The molecule has 6 heteroatoms. The van der Waals surface area contributed by atoms with Gasteiger partial charge >= 0.3 is 5.97 Å². The number of ether oxygens (including phenoxy) is 1. The number of phenolic OH excluding ortho intramolecular Hbond substituents is 2. The summed E-state index contributed by atoms with van der Waals surface area (Å²) in [6, 6.07) is 22.1. The van der Waals surface area contributed by atoms with Gasteiger partial charge in [0.2, 0.25) is 0 Å². The zero-order valence-corrected chi connectivity index (χ0v) is 19.7. The fourth-order valence-corrected chi connectivity index (χ4v) is 5.11. The molecule has 0 aromatic heterocycles. The van der Waals surface area contributed by atoms with Gasteiger partial charge in [-0.2, -0.15) is 0 Å². The van der Waals surface area contributed by atoms with Crippen molar-refractivity contribution in [3.63, 3.8) is 0 Å². The fourth-order valence-electron chi connectivity index (χ4n) is 4.08. The molecule has 1 aliphatic rings. The van der Waals surface area contributed by atoms with Gasteiger partial charge in [-0.1, -0.05) is 48.5 Å². The van der Waals surface area contributed by atoms with Crippen LogP contribution in [0.4, 0.5) is 0 Å². The third-order valence-corrected chi connectivity index (χ3v) is 7.19. The number of fused-ring (bicyclic) bond motifs is 3. The summed E-state index contributed by atoms with van der Waals surface area (Å²) in [6.45, 7) is 0. The first-order valence-corrected chi connectivity index (χ1v) is 11.3. The summed E-state index contributed by atoms with van der Waals surface area (Å²) < 4.78 is 7.49. The lowest BCUT2D eigenvalue weighted by molar-refractivity contribution is 0.0252. The summed E-state index contributed by atoms with van der Waals surface area (Å²) in [7, 11) is 0. The van der Waals surface area contributed by atoms with E-state index in [1.165, 1.54) is 0 Å². The van der Waals surface area contributed by atoms with Crippen LogP contribution in [0.1, 0.15) is 27.0 Å². The summed E-state index contributed by atoms with van der Waals surface area (Å²) in [6.07, 6.45) is 0. The van der Waals surface area contributed by atoms with Crippen LogP contribution in [-0.2, 0) is 10.3 Å². The van der Waals surface area contributed by atoms with Gasteiger partial charge in [-0.15, -0.1) is 0 Å². The Balaban J connectivity index is 1.90. The van der Waals surface area contributed by atoms with Crippen molar-refractivity contribution in [1.82, 2.24) is 0 Å². The lowest BCUT2D eigenvalue weighted by atomic mass is 9.79. The van der Waals surface area contributed by atoms with Crippen molar-refractivity contribution in [2.24, 2.45) is 0 Å². The van der Waals surface area contributed by atoms with Crippen molar-refractivity contribution < 1.29 is 19.7 Å². The van der Waals surface area contributed by atoms with E-state index in [1.807, 2.05) is 48.5 Å². The second kappa shape index (κ2) is 7.12. The summed E-state index contributed by atoms with van der Waals surface area (Å²) in [5.74, 6) is -0.0661. The highest BCUT2D eigenvalue weighted by molar-refractivity contribution is 14.1. The van der Waals surface area contributed by atoms with Crippen molar-refractivity contribution >= 4 is 61.9 Å². The normalized spacial score (nSPS) is 14.5. The molecule has 4 aromatic rings. The predicted octanol–water partition coefficient (Wildman–Crippen LogP) is 5.92. The van der Waals surface area contributed by atoms with E-state index >= 15 is 0 Å². The van der Waals surface area contributed by atoms with E-state index in [4.69, 9.17) is 4.74 Å². The topological polar surface area (TPSA) is 66.8 Å². The molecule has 0 saturated carbocycles. The second-order valence-electron chi connectivity index (χ2n) is 7.11. The Morgan fingerprint density at radius 1 is 0.767 bits per heavy atom. The molecule has 4 nitrogen and oxygen atoms in total. The Kier molecular flexibility index (Phi) is 4.66. The van der Waals surface area contributed by atoms with Crippen molar-refractivity contribution in [2.45, 2.75) is 5.60 Å². The van der Waals surface area contributed by atoms with Gasteiger partial charge in [-0.3, -0.25) is 0 Å². The van der Waals surface area contributed by atoms with Gasteiger partial charge in [0.25, 0.3) is 0 Å². The molecule has 4 aromatic carbocycles. The molecular formula is C24H14I2O4. The minimum atomic E-state index is -1.18. The van der Waals surface area contributed by atoms with Crippen molar-refractivity contribution in [3.8, 4) is 11.5 Å². The third-order valence-electron chi connectivity index (χ3n) is 5.47. The quantitative estimate of drug-likeness (QED) is 0.216. The van der Waals surface area contributed by atoms with Crippen LogP contribution in [0.25, 0.3) is 10.8 Å². The van der Waals surface area contributed by atoms with E-state index in [0.717, 1.165) is 27.5 Å². The van der Waals surface area contributed by atoms with Gasteiger partial charge in [0.05, 0.1) is 12.7 Å². The van der Waals surface area contributed by atoms with Gasteiger partial charge in [-0.05, 0) is 80.2 Å². The van der Waals surface area contributed by atoms with Gasteiger partial charge < -0.3 is 14.9 Å². The Labute approximate surface area is 199 Å². The number of halogens is 2. The first-order chi connectivity index (χ1) is 14.4. The fraction of sp³-hybridized carbons (Fsp3) is 0.0417. The van der Waals surface area contributed by atoms with Gasteiger partial charge in [0, 0.05) is 16.7 Å². The number of rotatable bonds is 2. The van der Waals surface area contributed by atoms with Crippen LogP contribution >= 0.6 is 45.2 Å². The number of benzene rings is 4. The monoisotopic (exact) mass is 620 g/mol. The lowest BCUT2D eigenvalue weighted by Gasteiger charge is -2.31. The van der Waals surface area contributed by atoms with E-state index < -0.39 is 11.6 Å². The first kappa shape index (κ1) is 19.6. The first-order valence-electron chi connectivity index (χ1n) is 9.15. The molecular weight excluding hydrogens is 606 g/mol. The summed E-state index contributed by atoms with van der Waals surface area (Å²) in [5.41, 5.74) is 1.56. The smallest absolute Gasteiger partial charge is 0.340 e. The zero-order chi connectivity index (χ0) is 21.0. The summed E-state index contributed by atoms with van der Waals surface area (Å²) in [5, 5.41) is 21.9. The van der Waals surface area contributed by atoms with Gasteiger partial charge in [0.15, 0.2) is 5.60 Å². The maximum absolute atomic E-state index is 13.2. The van der Waals surface area contributed by atoms with Gasteiger partial charge in [-0.25, -0.2) is 4.79 Å². The van der Waals surface area contributed by atoms with E-state index in [2.05, 4.69) is 45.2 Å². The predicted molar refractivity (Wildman–Crippen MR) is 131 cm³/mol. The van der Waals surface area contributed by atoms with E-state index in [-0.39, 0.29) is 11.5 Å². The maximum Gasteiger partial charge on any atom is 0.340 e. The number of hydrogen-bond acceptors (Lipinski definition) is 4. The molecule has 30 heavy (non-hydrogen) atoms. The van der Waals surface area contributed by atoms with Crippen molar-refractivity contribution in [2.75, 3.05) is 0 Å². The Bertz CT molecular complexity index is 1300. The molecule has 0 bridgehead atoms. The van der Waals surface area contributed by atoms with Crippen molar-refractivity contribution in [3.05, 3.63) is 102 Å². The third kappa shape index (κ3) is 2.80. The SMILES string of the molecule is O=C1OC(c2ccc(O)c(I)c2)(c2ccc(O)c(I)c2)c2ccc3ccccc3c21. The average molecular weight is 620 g/mol. The molecule has 0 unspecified atom stereocenters. The Morgan fingerprint density at radius 2 is 1.37 bits per heavy atom. The highest BCUT2D eigenvalue weighted by Crippen LogP contribution is 2.50. The Morgan fingerprint density at radius 3 is 1.97 bits per heavy atom. The minimum Gasteiger partial charge on any atom is -0.507 e. The number of carbonyl (C=O) groups is 1. The molecule has 0 spiro atoms. The van der Waals surface area contributed by atoms with E-state index in [1.54, 1.807) is 24.3 Å². The average Bonchev–Trinajstić information content (AvgIpc) is 3.06. The molecule has 2 N–H and O–H groups in total. The number of cyclic esters (lactones) is 1. The van der Waals surface area contributed by atoms with Crippen LogP contribution in [0.2, 0.25) is 0 Å². The maximum atomic E-state index is 13.2. The largest absolute Gasteiger partial charge is 0.507 e. The van der Waals surface area contributed by atoms with Crippen LogP contribution in [0, 0.1) is 7.14 Å². The van der Waals surface area contributed by atoms with Crippen LogP contribution in [0.3, 0.4) is 0 Å². The molecule has 0 saturated heterocycles. The molecule has 0 aliphatic carbocycles. The number of phenols is 2. The highest BCUT2D eigenvalue weighted by atomic mass is 127.